The lowest BCUT2D eigenvalue weighted by atomic mass is 10.0. The third-order valence-corrected chi connectivity index (χ3v) is 10.2. The van der Waals surface area contributed by atoms with Crippen molar-refractivity contribution in [2.45, 2.75) is 212 Å². The highest BCUT2D eigenvalue weighted by Gasteiger charge is 2.19. The van der Waals surface area contributed by atoms with Gasteiger partial charge in [0, 0.05) is 6.42 Å². The molecule has 3 N–H and O–H groups in total. The minimum atomic E-state index is -0.664. The predicted molar refractivity (Wildman–Crippen MR) is 262 cm³/mol. The van der Waals surface area contributed by atoms with E-state index in [1.165, 1.54) is 83.5 Å². The summed E-state index contributed by atoms with van der Waals surface area (Å²) in [5.74, 6) is -0.0476. The maximum absolute atomic E-state index is 12.3. The Balaban J connectivity index is 3.58. The fraction of sp³-hybridized carbons (Fsp3) is 0.618. The van der Waals surface area contributed by atoms with Gasteiger partial charge in [-0.25, -0.2) is 0 Å². The number of rotatable bonds is 42. The second-order valence-electron chi connectivity index (χ2n) is 15.8. The zero-order valence-electron chi connectivity index (χ0n) is 38.2. The third-order valence-electron chi connectivity index (χ3n) is 10.2. The minimum Gasteiger partial charge on any atom is -0.394 e. The third kappa shape index (κ3) is 45.7. The maximum Gasteiger partial charge on any atom is 0.220 e. The summed E-state index contributed by atoms with van der Waals surface area (Å²) in [6.45, 7) is 4.17. The van der Waals surface area contributed by atoms with Crippen molar-refractivity contribution >= 4 is 5.91 Å². The van der Waals surface area contributed by atoms with Crippen molar-refractivity contribution in [2.24, 2.45) is 0 Å². The normalized spacial score (nSPS) is 14.0. The molecule has 4 nitrogen and oxygen atoms in total. The van der Waals surface area contributed by atoms with Crippen LogP contribution in [0.1, 0.15) is 200 Å². The molecule has 59 heavy (non-hydrogen) atoms. The molecule has 0 saturated heterocycles. The van der Waals surface area contributed by atoms with E-state index in [2.05, 4.69) is 141 Å². The summed E-state index contributed by atoms with van der Waals surface area (Å²) in [6.07, 6.45) is 76.1. The number of carbonyl (C=O) groups is 1. The Kier molecular flexibility index (Phi) is 46.5. The number of aliphatic hydroxyl groups is 2. The van der Waals surface area contributed by atoms with Crippen LogP contribution in [0, 0.1) is 0 Å². The summed E-state index contributed by atoms with van der Waals surface area (Å²) in [5.41, 5.74) is 0. The SMILES string of the molecule is CC/C=C\C/C=C\C/C=C\C/C=C\C/C=C\C/C=C\C/C=C\C/C=C\C/C=C\C/C=C\CCCCCCCCCCCCC(=O)NC(CO)C(O)CCCCCCCC. The van der Waals surface area contributed by atoms with E-state index in [0.29, 0.717) is 12.8 Å². The molecule has 0 bridgehead atoms. The molecule has 0 saturated carbocycles. The minimum absolute atomic E-state index is 0.0476. The van der Waals surface area contributed by atoms with Gasteiger partial charge in [-0.15, -0.1) is 0 Å². The molecule has 4 heteroatoms. The number of allylic oxidation sites excluding steroid dienone is 20. The Bertz CT molecular complexity index is 1200. The molecule has 0 heterocycles. The van der Waals surface area contributed by atoms with Gasteiger partial charge in [-0.3, -0.25) is 4.79 Å². The smallest absolute Gasteiger partial charge is 0.220 e. The molecule has 1 amide bonds. The number of nitrogens with one attached hydrogen (secondary N) is 1. The van der Waals surface area contributed by atoms with Gasteiger partial charge in [-0.05, 0) is 89.9 Å². The Hall–Kier alpha value is -3.21. The molecule has 0 aromatic carbocycles. The van der Waals surface area contributed by atoms with Crippen molar-refractivity contribution in [1.29, 1.82) is 0 Å². The number of carbonyl (C=O) groups excluding carboxylic acids is 1. The first kappa shape index (κ1) is 55.8. The molecule has 0 aliphatic heterocycles. The molecule has 0 aromatic heterocycles. The molecular weight excluding hydrogens is 723 g/mol. The number of amides is 1. The first-order chi connectivity index (χ1) is 29.2. The van der Waals surface area contributed by atoms with Crippen molar-refractivity contribution in [1.82, 2.24) is 5.32 Å². The molecule has 0 radical (unpaired) electrons. The van der Waals surface area contributed by atoms with Crippen LogP contribution in [0.5, 0.6) is 0 Å². The van der Waals surface area contributed by atoms with E-state index >= 15 is 0 Å². The number of hydrogen-bond donors (Lipinski definition) is 3. The Morgan fingerprint density at radius 3 is 1.12 bits per heavy atom. The van der Waals surface area contributed by atoms with Crippen molar-refractivity contribution < 1.29 is 15.0 Å². The lowest BCUT2D eigenvalue weighted by Gasteiger charge is -2.22. The van der Waals surface area contributed by atoms with Crippen LogP contribution >= 0.6 is 0 Å². The number of unbranched alkanes of at least 4 members (excludes halogenated alkanes) is 15. The van der Waals surface area contributed by atoms with E-state index in [0.717, 1.165) is 89.9 Å². The van der Waals surface area contributed by atoms with Crippen LogP contribution in [-0.2, 0) is 4.79 Å². The molecular formula is C55H91NO3. The van der Waals surface area contributed by atoms with Crippen molar-refractivity contribution in [3.05, 3.63) is 122 Å². The molecule has 0 rings (SSSR count). The van der Waals surface area contributed by atoms with Gasteiger partial charge >= 0.3 is 0 Å². The van der Waals surface area contributed by atoms with E-state index in [1.54, 1.807) is 0 Å². The highest BCUT2D eigenvalue weighted by atomic mass is 16.3. The molecule has 0 aliphatic rings. The van der Waals surface area contributed by atoms with Gasteiger partial charge in [-0.1, -0.05) is 225 Å². The summed E-state index contributed by atoms with van der Waals surface area (Å²) in [4.78, 5) is 12.3. The quantitative estimate of drug-likeness (QED) is 0.0425. The van der Waals surface area contributed by atoms with Gasteiger partial charge in [0.05, 0.1) is 18.8 Å². The summed E-state index contributed by atoms with van der Waals surface area (Å²) in [6, 6.07) is -0.542. The highest BCUT2D eigenvalue weighted by molar-refractivity contribution is 5.76. The first-order valence-corrected chi connectivity index (χ1v) is 24.2. The Morgan fingerprint density at radius 1 is 0.424 bits per heavy atom. The van der Waals surface area contributed by atoms with Gasteiger partial charge in [0.15, 0.2) is 0 Å². The van der Waals surface area contributed by atoms with Crippen molar-refractivity contribution in [3.63, 3.8) is 0 Å². The predicted octanol–water partition coefficient (Wildman–Crippen LogP) is 15.7. The van der Waals surface area contributed by atoms with Crippen LogP contribution in [0.25, 0.3) is 0 Å². The van der Waals surface area contributed by atoms with Crippen LogP contribution in [0.3, 0.4) is 0 Å². The first-order valence-electron chi connectivity index (χ1n) is 24.2. The lowest BCUT2D eigenvalue weighted by Crippen LogP contribution is -2.45. The van der Waals surface area contributed by atoms with E-state index in [1.807, 2.05) is 0 Å². The van der Waals surface area contributed by atoms with Crippen LogP contribution in [-0.4, -0.2) is 34.9 Å². The molecule has 0 aromatic rings. The zero-order chi connectivity index (χ0) is 42.8. The largest absolute Gasteiger partial charge is 0.394 e. The van der Waals surface area contributed by atoms with Gasteiger partial charge in [0.25, 0.3) is 0 Å². The summed E-state index contributed by atoms with van der Waals surface area (Å²) < 4.78 is 0. The van der Waals surface area contributed by atoms with Gasteiger partial charge < -0.3 is 15.5 Å². The zero-order valence-corrected chi connectivity index (χ0v) is 38.2. The van der Waals surface area contributed by atoms with E-state index < -0.39 is 12.1 Å². The van der Waals surface area contributed by atoms with Crippen molar-refractivity contribution in [2.75, 3.05) is 6.61 Å². The Morgan fingerprint density at radius 2 is 0.746 bits per heavy atom. The molecule has 334 valence electrons. The second kappa shape index (κ2) is 49.2. The maximum atomic E-state index is 12.3. The molecule has 0 spiro atoms. The topological polar surface area (TPSA) is 69.6 Å². The lowest BCUT2D eigenvalue weighted by molar-refractivity contribution is -0.123. The fourth-order valence-electron chi connectivity index (χ4n) is 6.56. The molecule has 2 unspecified atom stereocenters. The van der Waals surface area contributed by atoms with Gasteiger partial charge in [0.2, 0.25) is 5.91 Å². The van der Waals surface area contributed by atoms with Gasteiger partial charge in [-0.2, -0.15) is 0 Å². The summed E-state index contributed by atoms with van der Waals surface area (Å²) in [7, 11) is 0. The van der Waals surface area contributed by atoms with Crippen LogP contribution < -0.4 is 5.32 Å². The molecule has 0 fully saturated rings. The second-order valence-corrected chi connectivity index (χ2v) is 15.8. The summed E-state index contributed by atoms with van der Waals surface area (Å²) in [5, 5.41) is 22.9. The van der Waals surface area contributed by atoms with Crippen LogP contribution in [0.2, 0.25) is 0 Å². The van der Waals surface area contributed by atoms with Crippen LogP contribution in [0.15, 0.2) is 122 Å². The van der Waals surface area contributed by atoms with E-state index in [9.17, 15) is 15.0 Å². The van der Waals surface area contributed by atoms with E-state index in [4.69, 9.17) is 0 Å². The number of hydrogen-bond acceptors (Lipinski definition) is 3. The van der Waals surface area contributed by atoms with Crippen molar-refractivity contribution in [3.8, 4) is 0 Å². The fourth-order valence-corrected chi connectivity index (χ4v) is 6.56. The highest BCUT2D eigenvalue weighted by Crippen LogP contribution is 2.14. The average Bonchev–Trinajstić information content (AvgIpc) is 3.24. The summed E-state index contributed by atoms with van der Waals surface area (Å²) >= 11 is 0. The average molecular weight is 814 g/mol. The standard InChI is InChI=1S/C55H91NO3/c1-3-5-7-9-11-12-13-14-15-16-17-18-19-20-21-22-23-24-25-26-27-28-29-30-31-32-33-34-35-36-37-38-39-40-41-42-43-44-45-47-49-51-55(59)56-53(52-57)54(58)50-48-46-10-8-6-4-2/h5,7,11-12,14-15,17-18,20-21,23-24,26-27,29-30,32-33,35-36,53-54,57-58H,3-4,6,8-10,13,16,19,22,25,28,31,34,37-52H2,1-2H3,(H,56,59)/b7-5-,12-11-,15-14-,18-17-,21-20-,24-23-,27-26-,30-29-,33-32-,36-35-. The van der Waals surface area contributed by atoms with E-state index in [-0.39, 0.29) is 12.5 Å². The molecule has 0 aliphatic carbocycles. The monoisotopic (exact) mass is 814 g/mol. The van der Waals surface area contributed by atoms with Gasteiger partial charge in [0.1, 0.15) is 0 Å². The van der Waals surface area contributed by atoms with Crippen LogP contribution in [0.4, 0.5) is 0 Å². The number of aliphatic hydroxyl groups excluding tert-OH is 2. The molecule has 2 atom stereocenters. The Labute approximate surface area is 365 Å².